The fraction of sp³-hybridized carbons (Fsp3) is 0.800. The van der Waals surface area contributed by atoms with Gasteiger partial charge in [0.1, 0.15) is 6.04 Å². The molecule has 0 aromatic carbocycles. The zero-order chi connectivity index (χ0) is 17.7. The van der Waals surface area contributed by atoms with E-state index in [-0.39, 0.29) is 18.2 Å². The predicted molar refractivity (Wildman–Crippen MR) is 82.0 cm³/mol. The number of aliphatic hydroxyl groups is 1. The normalized spacial score (nSPS) is 15.8. The second-order valence-corrected chi connectivity index (χ2v) is 6.94. The third-order valence-electron chi connectivity index (χ3n) is 3.36. The molecule has 2 amide bonds. The number of carboxylic acids is 1. The number of rotatable bonds is 7. The number of nitrogens with one attached hydrogen (secondary N) is 2. The van der Waals surface area contributed by atoms with Crippen LogP contribution in [-0.2, 0) is 14.4 Å². The van der Waals surface area contributed by atoms with Gasteiger partial charge in [-0.1, -0.05) is 34.6 Å². The molecular weight excluding hydrogens is 288 g/mol. The average Bonchev–Trinajstić information content (AvgIpc) is 2.38. The van der Waals surface area contributed by atoms with E-state index in [4.69, 9.17) is 5.11 Å². The second kappa shape index (κ2) is 8.12. The molecule has 22 heavy (non-hydrogen) atoms. The lowest BCUT2D eigenvalue weighted by molar-refractivity contribution is -0.154. The predicted octanol–water partition coefficient (Wildman–Crippen LogP) is 0.371. The van der Waals surface area contributed by atoms with E-state index < -0.39 is 35.4 Å². The lowest BCUT2D eigenvalue weighted by atomic mass is 9.84. The molecule has 0 saturated carbocycles. The summed E-state index contributed by atoms with van der Waals surface area (Å²) in [6, 6.07) is -0.819. The number of carboxylic acid groups (broad SMARTS) is 1. The SMILES string of the molecule is CNC(=O)[C@@H](NC(=O)[C@@H](CC(C)C)[C@H](O)C(=O)O)C(C)(C)C. The Balaban J connectivity index is 5.29. The van der Waals surface area contributed by atoms with Crippen LogP contribution in [0.25, 0.3) is 0 Å². The molecule has 3 atom stereocenters. The van der Waals surface area contributed by atoms with Crippen molar-refractivity contribution in [2.24, 2.45) is 17.3 Å². The summed E-state index contributed by atoms with van der Waals surface area (Å²) < 4.78 is 0. The van der Waals surface area contributed by atoms with E-state index in [2.05, 4.69) is 10.6 Å². The summed E-state index contributed by atoms with van der Waals surface area (Å²) in [5, 5.41) is 23.8. The fourth-order valence-corrected chi connectivity index (χ4v) is 2.13. The van der Waals surface area contributed by atoms with Gasteiger partial charge >= 0.3 is 5.97 Å². The highest BCUT2D eigenvalue weighted by atomic mass is 16.4. The van der Waals surface area contributed by atoms with Crippen molar-refractivity contribution < 1.29 is 24.6 Å². The summed E-state index contributed by atoms with van der Waals surface area (Å²) in [6.07, 6.45) is -1.59. The van der Waals surface area contributed by atoms with E-state index >= 15 is 0 Å². The van der Waals surface area contributed by atoms with Gasteiger partial charge < -0.3 is 20.8 Å². The first-order valence-corrected chi connectivity index (χ1v) is 7.34. The minimum Gasteiger partial charge on any atom is -0.479 e. The van der Waals surface area contributed by atoms with Crippen molar-refractivity contribution in [2.45, 2.75) is 53.2 Å². The maximum absolute atomic E-state index is 12.4. The summed E-state index contributed by atoms with van der Waals surface area (Å²) in [6.45, 7) is 9.03. The Morgan fingerprint density at radius 2 is 1.59 bits per heavy atom. The van der Waals surface area contributed by atoms with Gasteiger partial charge in [-0.15, -0.1) is 0 Å². The Bertz CT molecular complexity index is 415. The van der Waals surface area contributed by atoms with Crippen LogP contribution in [0.5, 0.6) is 0 Å². The van der Waals surface area contributed by atoms with Crippen LogP contribution < -0.4 is 10.6 Å². The van der Waals surface area contributed by atoms with Gasteiger partial charge in [-0.3, -0.25) is 9.59 Å². The maximum atomic E-state index is 12.4. The van der Waals surface area contributed by atoms with E-state index in [1.807, 2.05) is 13.8 Å². The first kappa shape index (κ1) is 20.4. The van der Waals surface area contributed by atoms with Crippen molar-refractivity contribution in [2.75, 3.05) is 7.05 Å². The van der Waals surface area contributed by atoms with E-state index in [0.29, 0.717) is 0 Å². The van der Waals surface area contributed by atoms with E-state index in [0.717, 1.165) is 0 Å². The van der Waals surface area contributed by atoms with Crippen molar-refractivity contribution in [3.8, 4) is 0 Å². The highest BCUT2D eigenvalue weighted by Gasteiger charge is 2.38. The summed E-state index contributed by atoms with van der Waals surface area (Å²) >= 11 is 0. The van der Waals surface area contributed by atoms with Gasteiger partial charge in [-0.2, -0.15) is 0 Å². The number of likely N-dealkylation sites (N-methyl/N-ethyl adjacent to an activating group) is 1. The Labute approximate surface area is 131 Å². The zero-order valence-electron chi connectivity index (χ0n) is 14.1. The Morgan fingerprint density at radius 3 is 1.91 bits per heavy atom. The Kier molecular flexibility index (Phi) is 7.52. The first-order valence-electron chi connectivity index (χ1n) is 7.34. The number of aliphatic carboxylic acids is 1. The van der Waals surface area contributed by atoms with E-state index in [1.54, 1.807) is 20.8 Å². The van der Waals surface area contributed by atoms with Gasteiger partial charge in [0.25, 0.3) is 0 Å². The number of hydrogen-bond acceptors (Lipinski definition) is 4. The molecule has 0 fully saturated rings. The minimum atomic E-state index is -1.80. The summed E-state index contributed by atoms with van der Waals surface area (Å²) in [5.41, 5.74) is -0.549. The quantitative estimate of drug-likeness (QED) is 0.541. The molecule has 0 rings (SSSR count). The van der Waals surface area contributed by atoms with Gasteiger partial charge in [0.05, 0.1) is 5.92 Å². The van der Waals surface area contributed by atoms with Crippen molar-refractivity contribution in [1.29, 1.82) is 0 Å². The largest absolute Gasteiger partial charge is 0.479 e. The van der Waals surface area contributed by atoms with Crippen LogP contribution in [0, 0.1) is 17.3 Å². The van der Waals surface area contributed by atoms with E-state index in [9.17, 15) is 19.5 Å². The van der Waals surface area contributed by atoms with Gasteiger partial charge in [0, 0.05) is 7.05 Å². The number of carbonyl (C=O) groups excluding carboxylic acids is 2. The molecule has 0 heterocycles. The number of aliphatic hydroxyl groups excluding tert-OH is 1. The molecule has 0 aliphatic heterocycles. The molecule has 0 aliphatic rings. The molecule has 0 bridgehead atoms. The fourth-order valence-electron chi connectivity index (χ4n) is 2.13. The topological polar surface area (TPSA) is 116 Å². The number of carbonyl (C=O) groups is 3. The molecule has 4 N–H and O–H groups in total. The molecule has 7 nitrogen and oxygen atoms in total. The van der Waals surface area contributed by atoms with Crippen molar-refractivity contribution in [3.05, 3.63) is 0 Å². The summed E-state index contributed by atoms with van der Waals surface area (Å²) in [7, 11) is 1.46. The first-order chi connectivity index (χ1) is 9.91. The molecule has 0 radical (unpaired) electrons. The van der Waals surface area contributed by atoms with Crippen LogP contribution in [0.2, 0.25) is 0 Å². The minimum absolute atomic E-state index is 0.0258. The molecule has 0 aliphatic carbocycles. The smallest absolute Gasteiger partial charge is 0.333 e. The van der Waals surface area contributed by atoms with Gasteiger partial charge in [-0.05, 0) is 17.8 Å². The highest BCUT2D eigenvalue weighted by Crippen LogP contribution is 2.22. The third kappa shape index (κ3) is 6.01. The number of amides is 2. The van der Waals surface area contributed by atoms with Gasteiger partial charge in [0.15, 0.2) is 6.10 Å². The molecule has 7 heteroatoms. The van der Waals surface area contributed by atoms with Crippen molar-refractivity contribution in [1.82, 2.24) is 10.6 Å². The average molecular weight is 316 g/mol. The van der Waals surface area contributed by atoms with Crippen LogP contribution in [0.15, 0.2) is 0 Å². The van der Waals surface area contributed by atoms with Crippen LogP contribution in [0.1, 0.15) is 41.0 Å². The van der Waals surface area contributed by atoms with Crippen LogP contribution >= 0.6 is 0 Å². The molecule has 0 spiro atoms. The number of hydrogen-bond donors (Lipinski definition) is 4. The Morgan fingerprint density at radius 1 is 1.09 bits per heavy atom. The molecule has 128 valence electrons. The van der Waals surface area contributed by atoms with Crippen molar-refractivity contribution in [3.63, 3.8) is 0 Å². The molecule has 0 aromatic rings. The maximum Gasteiger partial charge on any atom is 0.333 e. The van der Waals surface area contributed by atoms with Gasteiger partial charge in [-0.25, -0.2) is 4.79 Å². The van der Waals surface area contributed by atoms with Crippen LogP contribution in [-0.4, -0.2) is 47.2 Å². The molecular formula is C15H28N2O5. The molecule has 0 aromatic heterocycles. The highest BCUT2D eigenvalue weighted by molar-refractivity contribution is 5.91. The van der Waals surface area contributed by atoms with E-state index in [1.165, 1.54) is 7.05 Å². The summed E-state index contributed by atoms with van der Waals surface area (Å²) in [5.74, 6) is -3.53. The zero-order valence-corrected chi connectivity index (χ0v) is 14.1. The van der Waals surface area contributed by atoms with Crippen LogP contribution in [0.4, 0.5) is 0 Å². The molecule has 0 saturated heterocycles. The summed E-state index contributed by atoms with van der Waals surface area (Å²) in [4.78, 5) is 35.3. The standard InChI is InChI=1S/C15H28N2O5/c1-8(2)7-9(10(18)14(21)22)12(19)17-11(13(20)16-6)15(3,4)5/h8-11,18H,7H2,1-6H3,(H,16,20)(H,17,19)(H,21,22)/t9-,10-,11+/m0/s1. The van der Waals surface area contributed by atoms with Gasteiger partial charge in [0.2, 0.25) is 11.8 Å². The van der Waals surface area contributed by atoms with Crippen molar-refractivity contribution >= 4 is 17.8 Å². The lowest BCUT2D eigenvalue weighted by Gasteiger charge is -2.32. The second-order valence-electron chi connectivity index (χ2n) is 6.94. The molecule has 0 unspecified atom stereocenters. The lowest BCUT2D eigenvalue weighted by Crippen LogP contribution is -2.55. The third-order valence-corrected chi connectivity index (χ3v) is 3.36. The Hall–Kier alpha value is -1.63. The monoisotopic (exact) mass is 316 g/mol. The van der Waals surface area contributed by atoms with Crippen LogP contribution in [0.3, 0.4) is 0 Å².